The molecular formula is C28H34N4O2. The van der Waals surface area contributed by atoms with Crippen LogP contribution in [0, 0.1) is 6.92 Å². The lowest BCUT2D eigenvalue weighted by molar-refractivity contribution is -0.130. The Morgan fingerprint density at radius 3 is 2.44 bits per heavy atom. The van der Waals surface area contributed by atoms with Gasteiger partial charge in [0.15, 0.2) is 0 Å². The van der Waals surface area contributed by atoms with Crippen molar-refractivity contribution in [3.8, 4) is 5.69 Å². The SMILES string of the molecule is CCCN(CC(=O)Nc1cc(C(C)(C)C)nn1-c1cccc(C)c1)C(=O)C=Cc1ccccc1. The highest BCUT2D eigenvalue weighted by molar-refractivity contribution is 5.97. The summed E-state index contributed by atoms with van der Waals surface area (Å²) >= 11 is 0. The van der Waals surface area contributed by atoms with Crippen LogP contribution >= 0.6 is 0 Å². The lowest BCUT2D eigenvalue weighted by Gasteiger charge is -2.20. The van der Waals surface area contributed by atoms with Crippen LogP contribution in [-0.2, 0) is 15.0 Å². The Labute approximate surface area is 202 Å². The monoisotopic (exact) mass is 458 g/mol. The molecule has 0 bridgehead atoms. The van der Waals surface area contributed by atoms with E-state index in [9.17, 15) is 9.59 Å². The summed E-state index contributed by atoms with van der Waals surface area (Å²) in [6.45, 7) is 10.7. The Bertz CT molecular complexity index is 1160. The van der Waals surface area contributed by atoms with Gasteiger partial charge >= 0.3 is 0 Å². The minimum Gasteiger partial charge on any atom is -0.330 e. The average Bonchev–Trinajstić information content (AvgIpc) is 3.22. The Morgan fingerprint density at radius 2 is 1.79 bits per heavy atom. The molecule has 34 heavy (non-hydrogen) atoms. The van der Waals surface area contributed by atoms with Crippen molar-refractivity contribution >= 4 is 23.7 Å². The molecule has 2 amide bonds. The van der Waals surface area contributed by atoms with Gasteiger partial charge in [0.2, 0.25) is 11.8 Å². The molecule has 178 valence electrons. The molecule has 0 atom stereocenters. The number of benzene rings is 2. The van der Waals surface area contributed by atoms with E-state index in [-0.39, 0.29) is 23.8 Å². The summed E-state index contributed by atoms with van der Waals surface area (Å²) < 4.78 is 1.76. The van der Waals surface area contributed by atoms with Crippen molar-refractivity contribution in [1.29, 1.82) is 0 Å². The molecule has 0 aliphatic rings. The predicted molar refractivity (Wildman–Crippen MR) is 138 cm³/mol. The molecule has 2 aromatic carbocycles. The van der Waals surface area contributed by atoms with Crippen molar-refractivity contribution in [2.45, 2.75) is 46.5 Å². The first-order valence-corrected chi connectivity index (χ1v) is 11.7. The third kappa shape index (κ3) is 6.67. The summed E-state index contributed by atoms with van der Waals surface area (Å²) in [5, 5.41) is 7.75. The molecule has 0 aliphatic heterocycles. The maximum absolute atomic E-state index is 13.0. The number of anilines is 1. The summed E-state index contributed by atoms with van der Waals surface area (Å²) in [7, 11) is 0. The van der Waals surface area contributed by atoms with E-state index in [4.69, 9.17) is 5.10 Å². The summed E-state index contributed by atoms with van der Waals surface area (Å²) in [4.78, 5) is 27.4. The van der Waals surface area contributed by atoms with Gasteiger partial charge in [0, 0.05) is 24.1 Å². The molecule has 0 saturated heterocycles. The molecule has 0 aliphatic carbocycles. The zero-order valence-corrected chi connectivity index (χ0v) is 20.7. The summed E-state index contributed by atoms with van der Waals surface area (Å²) in [5.41, 5.74) is 3.61. The Kier molecular flexibility index (Phi) is 8.05. The number of aromatic nitrogens is 2. The number of carbonyl (C=O) groups excluding carboxylic acids is 2. The van der Waals surface area contributed by atoms with Gasteiger partial charge in [-0.25, -0.2) is 4.68 Å². The van der Waals surface area contributed by atoms with Crippen LogP contribution in [0.4, 0.5) is 5.82 Å². The van der Waals surface area contributed by atoms with Gasteiger partial charge in [0.25, 0.3) is 0 Å². The van der Waals surface area contributed by atoms with E-state index in [1.807, 2.05) is 74.5 Å². The molecule has 0 unspecified atom stereocenters. The number of aryl methyl sites for hydroxylation is 1. The van der Waals surface area contributed by atoms with Gasteiger partial charge in [0.1, 0.15) is 12.4 Å². The fourth-order valence-electron chi connectivity index (χ4n) is 3.52. The van der Waals surface area contributed by atoms with E-state index in [2.05, 4.69) is 26.1 Å². The minimum absolute atomic E-state index is 0.0321. The van der Waals surface area contributed by atoms with Gasteiger partial charge < -0.3 is 10.2 Å². The zero-order valence-electron chi connectivity index (χ0n) is 20.7. The van der Waals surface area contributed by atoms with E-state index < -0.39 is 0 Å². The van der Waals surface area contributed by atoms with E-state index in [0.29, 0.717) is 12.4 Å². The van der Waals surface area contributed by atoms with E-state index in [0.717, 1.165) is 28.9 Å². The van der Waals surface area contributed by atoms with Crippen molar-refractivity contribution in [1.82, 2.24) is 14.7 Å². The molecule has 1 N–H and O–H groups in total. The fourth-order valence-corrected chi connectivity index (χ4v) is 3.52. The number of hydrogen-bond acceptors (Lipinski definition) is 3. The average molecular weight is 459 g/mol. The van der Waals surface area contributed by atoms with Crippen molar-refractivity contribution in [3.05, 3.63) is 83.6 Å². The smallest absolute Gasteiger partial charge is 0.247 e. The Hall–Kier alpha value is -3.67. The molecule has 1 aromatic heterocycles. The third-order valence-electron chi connectivity index (χ3n) is 5.35. The number of carbonyl (C=O) groups is 2. The Morgan fingerprint density at radius 1 is 1.06 bits per heavy atom. The second-order valence-electron chi connectivity index (χ2n) is 9.47. The Balaban J connectivity index is 1.79. The highest BCUT2D eigenvalue weighted by atomic mass is 16.2. The van der Waals surface area contributed by atoms with Crippen LogP contribution in [0.15, 0.2) is 66.7 Å². The van der Waals surface area contributed by atoms with Gasteiger partial charge in [-0.2, -0.15) is 5.10 Å². The molecule has 1 heterocycles. The van der Waals surface area contributed by atoms with Crippen LogP contribution in [0.2, 0.25) is 0 Å². The highest BCUT2D eigenvalue weighted by Gasteiger charge is 2.22. The molecule has 6 heteroatoms. The van der Waals surface area contributed by atoms with E-state index in [1.54, 1.807) is 15.7 Å². The van der Waals surface area contributed by atoms with Gasteiger partial charge in [-0.15, -0.1) is 0 Å². The quantitative estimate of drug-likeness (QED) is 0.462. The van der Waals surface area contributed by atoms with Crippen molar-refractivity contribution in [2.75, 3.05) is 18.4 Å². The topological polar surface area (TPSA) is 67.2 Å². The first-order valence-electron chi connectivity index (χ1n) is 11.7. The number of hydrogen-bond donors (Lipinski definition) is 1. The predicted octanol–water partition coefficient (Wildman–Crippen LogP) is 5.37. The largest absolute Gasteiger partial charge is 0.330 e. The van der Waals surface area contributed by atoms with Crippen LogP contribution in [0.3, 0.4) is 0 Å². The first kappa shape index (κ1) is 25.0. The summed E-state index contributed by atoms with van der Waals surface area (Å²) in [5.74, 6) is 0.136. The van der Waals surface area contributed by atoms with Crippen LogP contribution < -0.4 is 5.32 Å². The van der Waals surface area contributed by atoms with Gasteiger partial charge in [-0.3, -0.25) is 9.59 Å². The molecule has 3 rings (SSSR count). The maximum Gasteiger partial charge on any atom is 0.247 e. The van der Waals surface area contributed by atoms with Crippen molar-refractivity contribution in [2.24, 2.45) is 0 Å². The van der Waals surface area contributed by atoms with Crippen molar-refractivity contribution < 1.29 is 9.59 Å². The summed E-state index contributed by atoms with van der Waals surface area (Å²) in [6.07, 6.45) is 4.05. The van der Waals surface area contributed by atoms with Gasteiger partial charge in [-0.1, -0.05) is 70.2 Å². The van der Waals surface area contributed by atoms with E-state index >= 15 is 0 Å². The van der Waals surface area contributed by atoms with E-state index in [1.165, 1.54) is 6.08 Å². The number of amides is 2. The maximum atomic E-state index is 13.0. The molecule has 3 aromatic rings. The molecule has 0 fully saturated rings. The molecule has 0 saturated carbocycles. The number of nitrogens with one attached hydrogen (secondary N) is 1. The zero-order chi connectivity index (χ0) is 24.7. The lowest BCUT2D eigenvalue weighted by Crippen LogP contribution is -2.37. The minimum atomic E-state index is -0.260. The lowest BCUT2D eigenvalue weighted by atomic mass is 9.92. The van der Waals surface area contributed by atoms with Crippen LogP contribution in [-0.4, -0.2) is 39.6 Å². The number of rotatable bonds is 8. The standard InChI is InChI=1S/C28H34N4O2/c1-6-17-31(27(34)16-15-22-12-8-7-9-13-22)20-26(33)29-25-19-24(28(3,4)5)30-32(25)23-14-10-11-21(2)18-23/h7-16,18-19H,6,17,20H2,1-5H3,(H,29,33). The summed E-state index contributed by atoms with van der Waals surface area (Å²) in [6, 6.07) is 19.5. The van der Waals surface area contributed by atoms with Crippen molar-refractivity contribution in [3.63, 3.8) is 0 Å². The molecule has 0 radical (unpaired) electrons. The van der Waals surface area contributed by atoms with Crippen LogP contribution in [0.5, 0.6) is 0 Å². The molecule has 0 spiro atoms. The second-order valence-corrected chi connectivity index (χ2v) is 9.47. The van der Waals surface area contributed by atoms with Crippen LogP contribution in [0.1, 0.15) is 50.9 Å². The highest BCUT2D eigenvalue weighted by Crippen LogP contribution is 2.26. The fraction of sp³-hybridized carbons (Fsp3) is 0.321. The third-order valence-corrected chi connectivity index (χ3v) is 5.35. The van der Waals surface area contributed by atoms with Gasteiger partial charge in [0.05, 0.1) is 11.4 Å². The molecule has 6 nitrogen and oxygen atoms in total. The van der Waals surface area contributed by atoms with Crippen LogP contribution in [0.25, 0.3) is 11.8 Å². The normalized spacial score (nSPS) is 11.6. The number of nitrogens with zero attached hydrogens (tertiary/aromatic N) is 3. The molecular weight excluding hydrogens is 424 g/mol. The van der Waals surface area contributed by atoms with Gasteiger partial charge in [-0.05, 0) is 42.7 Å². The second kappa shape index (κ2) is 11.0. The first-order chi connectivity index (χ1) is 16.2.